The van der Waals surface area contributed by atoms with Crippen LogP contribution in [0.15, 0.2) is 23.8 Å². The van der Waals surface area contributed by atoms with Crippen LogP contribution >= 0.6 is 0 Å². The molecule has 1 aliphatic carbocycles. The normalized spacial score (nSPS) is 12.2. The Hall–Kier alpha value is -0.520. The van der Waals surface area contributed by atoms with Crippen molar-refractivity contribution in [3.63, 3.8) is 0 Å². The van der Waals surface area contributed by atoms with Crippen molar-refractivity contribution in [3.8, 4) is 0 Å². The lowest BCUT2D eigenvalue weighted by Gasteiger charge is -1.90. The SMILES string of the molecule is CC.CC.CCCC1=CCC=C1. The number of allylic oxidation sites excluding steroid dienone is 4. The minimum absolute atomic E-state index is 1.16. The van der Waals surface area contributed by atoms with Gasteiger partial charge in [0.2, 0.25) is 0 Å². The molecule has 0 fully saturated rings. The van der Waals surface area contributed by atoms with Gasteiger partial charge in [-0.05, 0) is 12.8 Å². The zero-order valence-corrected chi connectivity index (χ0v) is 9.35. The predicted octanol–water partition coefficient (Wildman–Crippen LogP) is 4.73. The van der Waals surface area contributed by atoms with Crippen molar-refractivity contribution in [2.45, 2.75) is 53.9 Å². The first kappa shape index (κ1) is 14.0. The highest BCUT2D eigenvalue weighted by Crippen LogP contribution is 2.13. The van der Waals surface area contributed by atoms with Gasteiger partial charge in [-0.1, -0.05) is 64.8 Å². The molecule has 0 nitrogen and oxygen atoms in total. The van der Waals surface area contributed by atoms with Gasteiger partial charge >= 0.3 is 0 Å². The number of hydrogen-bond acceptors (Lipinski definition) is 0. The molecular formula is C12H24. The van der Waals surface area contributed by atoms with Crippen LogP contribution in [0.5, 0.6) is 0 Å². The Morgan fingerprint density at radius 1 is 1.17 bits per heavy atom. The summed E-state index contributed by atoms with van der Waals surface area (Å²) in [6, 6.07) is 0. The summed E-state index contributed by atoms with van der Waals surface area (Å²) in [6.45, 7) is 10.2. The van der Waals surface area contributed by atoms with Gasteiger partial charge in [-0.3, -0.25) is 0 Å². The lowest BCUT2D eigenvalue weighted by Crippen LogP contribution is -1.70. The molecule has 0 amide bonds. The van der Waals surface area contributed by atoms with Crippen molar-refractivity contribution < 1.29 is 0 Å². The molecule has 0 saturated heterocycles. The second-order valence-corrected chi connectivity index (χ2v) is 2.17. The second-order valence-electron chi connectivity index (χ2n) is 2.17. The van der Waals surface area contributed by atoms with E-state index in [9.17, 15) is 0 Å². The molecule has 0 heteroatoms. The molecule has 72 valence electrons. The highest BCUT2D eigenvalue weighted by Gasteiger charge is 1.93. The standard InChI is InChI=1S/C8H12.2C2H6/c1-2-5-8-6-3-4-7-8;2*1-2/h3,6-7H,2,4-5H2,1H3;2*1-2H3. The molecule has 0 heterocycles. The van der Waals surface area contributed by atoms with E-state index in [1.807, 2.05) is 27.7 Å². The maximum atomic E-state index is 2.30. The van der Waals surface area contributed by atoms with Crippen LogP contribution in [0.3, 0.4) is 0 Å². The maximum Gasteiger partial charge on any atom is -0.0160 e. The molecule has 0 aromatic carbocycles. The monoisotopic (exact) mass is 168 g/mol. The van der Waals surface area contributed by atoms with E-state index in [2.05, 4.69) is 25.2 Å². The van der Waals surface area contributed by atoms with Gasteiger partial charge in [-0.25, -0.2) is 0 Å². The Morgan fingerprint density at radius 3 is 2.08 bits per heavy atom. The molecule has 1 aliphatic rings. The predicted molar refractivity (Wildman–Crippen MR) is 59.4 cm³/mol. The van der Waals surface area contributed by atoms with Gasteiger partial charge in [-0.15, -0.1) is 0 Å². The summed E-state index contributed by atoms with van der Waals surface area (Å²) < 4.78 is 0. The van der Waals surface area contributed by atoms with Crippen LogP contribution in [0, 0.1) is 0 Å². The molecule has 0 unspecified atom stereocenters. The first-order valence-electron chi connectivity index (χ1n) is 5.29. The van der Waals surface area contributed by atoms with Gasteiger partial charge < -0.3 is 0 Å². The van der Waals surface area contributed by atoms with Gasteiger partial charge in [-0.2, -0.15) is 0 Å². The Morgan fingerprint density at radius 2 is 1.75 bits per heavy atom. The molecule has 0 aromatic rings. The fourth-order valence-electron chi connectivity index (χ4n) is 0.981. The van der Waals surface area contributed by atoms with Crippen LogP contribution < -0.4 is 0 Å². The van der Waals surface area contributed by atoms with E-state index >= 15 is 0 Å². The third-order valence-corrected chi connectivity index (χ3v) is 1.39. The van der Waals surface area contributed by atoms with Gasteiger partial charge in [0.1, 0.15) is 0 Å². The molecular weight excluding hydrogens is 144 g/mol. The molecule has 0 atom stereocenters. The zero-order chi connectivity index (χ0) is 9.82. The summed E-state index contributed by atoms with van der Waals surface area (Å²) in [7, 11) is 0. The van der Waals surface area contributed by atoms with Crippen molar-refractivity contribution in [2.75, 3.05) is 0 Å². The summed E-state index contributed by atoms with van der Waals surface area (Å²) >= 11 is 0. The zero-order valence-electron chi connectivity index (χ0n) is 9.35. The third-order valence-electron chi connectivity index (χ3n) is 1.39. The number of hydrogen-bond donors (Lipinski definition) is 0. The van der Waals surface area contributed by atoms with Crippen LogP contribution in [0.4, 0.5) is 0 Å². The fourth-order valence-corrected chi connectivity index (χ4v) is 0.981. The quantitative estimate of drug-likeness (QED) is 0.559. The average molecular weight is 168 g/mol. The van der Waals surface area contributed by atoms with E-state index < -0.39 is 0 Å². The van der Waals surface area contributed by atoms with Crippen molar-refractivity contribution in [2.24, 2.45) is 0 Å². The smallest absolute Gasteiger partial charge is 0.0160 e. The second kappa shape index (κ2) is 13.1. The molecule has 0 aliphatic heterocycles. The van der Waals surface area contributed by atoms with Gasteiger partial charge in [0.15, 0.2) is 0 Å². The van der Waals surface area contributed by atoms with Crippen molar-refractivity contribution in [1.29, 1.82) is 0 Å². The molecule has 0 radical (unpaired) electrons. The highest BCUT2D eigenvalue weighted by atomic mass is 14.0. The van der Waals surface area contributed by atoms with E-state index in [4.69, 9.17) is 0 Å². The molecule has 1 rings (SSSR count). The fraction of sp³-hybridized carbons (Fsp3) is 0.667. The van der Waals surface area contributed by atoms with Gasteiger partial charge in [0.25, 0.3) is 0 Å². The Balaban J connectivity index is 0. The molecule has 0 aromatic heterocycles. The molecule has 0 spiro atoms. The lowest BCUT2D eigenvalue weighted by molar-refractivity contribution is 0.927. The third kappa shape index (κ3) is 7.59. The van der Waals surface area contributed by atoms with Crippen LogP contribution in [-0.4, -0.2) is 0 Å². The highest BCUT2D eigenvalue weighted by molar-refractivity contribution is 5.25. The summed E-state index contributed by atoms with van der Waals surface area (Å²) in [4.78, 5) is 0. The van der Waals surface area contributed by atoms with Gasteiger partial charge in [0, 0.05) is 0 Å². The summed E-state index contributed by atoms with van der Waals surface area (Å²) in [5.41, 5.74) is 1.52. The Bertz CT molecular complexity index is 118. The van der Waals surface area contributed by atoms with E-state index in [1.165, 1.54) is 18.4 Å². The van der Waals surface area contributed by atoms with Gasteiger partial charge in [0.05, 0.1) is 0 Å². The topological polar surface area (TPSA) is 0 Å². The van der Waals surface area contributed by atoms with Crippen molar-refractivity contribution >= 4 is 0 Å². The average Bonchev–Trinajstić information content (AvgIpc) is 2.65. The maximum absolute atomic E-state index is 2.30. The summed E-state index contributed by atoms with van der Waals surface area (Å²) in [5, 5.41) is 0. The van der Waals surface area contributed by atoms with Crippen LogP contribution in [-0.2, 0) is 0 Å². The Labute approximate surface area is 78.4 Å². The van der Waals surface area contributed by atoms with Crippen molar-refractivity contribution in [1.82, 2.24) is 0 Å². The summed E-state index contributed by atoms with van der Waals surface area (Å²) in [5.74, 6) is 0. The van der Waals surface area contributed by atoms with E-state index in [0.717, 1.165) is 6.42 Å². The van der Waals surface area contributed by atoms with E-state index in [0.29, 0.717) is 0 Å². The van der Waals surface area contributed by atoms with Crippen LogP contribution in [0.1, 0.15) is 53.9 Å². The number of rotatable bonds is 2. The minimum Gasteiger partial charge on any atom is -0.0805 e. The Kier molecular flexibility index (Phi) is 15.3. The first-order chi connectivity index (χ1) is 5.93. The largest absolute Gasteiger partial charge is 0.0805 e. The van der Waals surface area contributed by atoms with Crippen molar-refractivity contribution in [3.05, 3.63) is 23.8 Å². The molecule has 0 bridgehead atoms. The van der Waals surface area contributed by atoms with Crippen LogP contribution in [0.25, 0.3) is 0 Å². The molecule has 0 saturated carbocycles. The molecule has 0 N–H and O–H groups in total. The first-order valence-corrected chi connectivity index (χ1v) is 5.29. The van der Waals surface area contributed by atoms with Crippen LogP contribution in [0.2, 0.25) is 0 Å². The minimum atomic E-state index is 1.16. The van der Waals surface area contributed by atoms with E-state index in [-0.39, 0.29) is 0 Å². The lowest BCUT2D eigenvalue weighted by atomic mass is 10.2. The summed E-state index contributed by atoms with van der Waals surface area (Å²) in [6.07, 6.45) is 10.4. The molecule has 12 heavy (non-hydrogen) atoms. The van der Waals surface area contributed by atoms with E-state index in [1.54, 1.807) is 0 Å².